The smallest absolute Gasteiger partial charge is 0.0715 e. The summed E-state index contributed by atoms with van der Waals surface area (Å²) >= 11 is 0. The van der Waals surface area contributed by atoms with Crippen LogP contribution >= 0.6 is 0 Å². The molecule has 0 aliphatic heterocycles. The molecule has 0 saturated carbocycles. The minimum absolute atomic E-state index is 0.517. The molecule has 0 bridgehead atoms. The summed E-state index contributed by atoms with van der Waals surface area (Å²) < 4.78 is 0. The van der Waals surface area contributed by atoms with Crippen molar-refractivity contribution < 1.29 is 0 Å². The lowest BCUT2D eigenvalue weighted by atomic mass is 9.90. The third-order valence-corrected chi connectivity index (χ3v) is 9.32. The van der Waals surface area contributed by atoms with E-state index in [1.165, 1.54) is 16.7 Å². The number of pyridine rings is 3. The molecule has 0 radical (unpaired) electrons. The molecule has 1 unspecified atom stereocenters. The zero-order chi connectivity index (χ0) is 33.0. The zero-order valence-corrected chi connectivity index (χ0v) is 27.6. The number of hydrogen-bond donors (Lipinski definition) is 0. The molecule has 0 spiro atoms. The number of nitrogens with zero attached hydrogens (tertiary/aromatic N) is 3. The SMILES string of the molecule is CC1C=CC=C(c2ccnc(-c3cc(-c4cc(C5=CCCC=C5)nc(-c5ccccc5)c4)cc(-c4cc(-c5ccccc5)ccn4)c3)c2)C1. The van der Waals surface area contributed by atoms with E-state index >= 15 is 0 Å². The minimum Gasteiger partial charge on any atom is -0.256 e. The van der Waals surface area contributed by atoms with Crippen molar-refractivity contribution >= 4 is 11.1 Å². The van der Waals surface area contributed by atoms with Crippen LogP contribution in [-0.4, -0.2) is 15.0 Å². The molecule has 2 aliphatic rings. The highest BCUT2D eigenvalue weighted by Gasteiger charge is 2.16. The lowest BCUT2D eigenvalue weighted by Crippen LogP contribution is -1.98. The van der Waals surface area contributed by atoms with Gasteiger partial charge in [-0.2, -0.15) is 0 Å². The standard InChI is InChI=1S/C46H37N3/c1-32-12-11-19-36(24-32)38-21-23-48-44(29-38)42-26-39(25-41(27-42)43-28-37(20-22-47-43)33-13-5-2-6-14-33)40-30-45(34-15-7-3-8-16-34)49-46(31-40)35-17-9-4-10-18-35/h2-3,5-9,11-23,25-32H,4,10,24H2,1H3. The highest BCUT2D eigenvalue weighted by atomic mass is 14.7. The third-order valence-electron chi connectivity index (χ3n) is 9.32. The van der Waals surface area contributed by atoms with Gasteiger partial charge in [0.05, 0.1) is 22.8 Å². The average Bonchev–Trinajstić information content (AvgIpc) is 3.19. The van der Waals surface area contributed by atoms with Gasteiger partial charge in [-0.05, 0) is 119 Å². The van der Waals surface area contributed by atoms with Crippen LogP contribution in [0.4, 0.5) is 0 Å². The van der Waals surface area contributed by atoms with E-state index in [1.54, 1.807) is 0 Å². The first kappa shape index (κ1) is 30.4. The van der Waals surface area contributed by atoms with E-state index in [-0.39, 0.29) is 0 Å². The van der Waals surface area contributed by atoms with E-state index in [1.807, 2.05) is 12.4 Å². The van der Waals surface area contributed by atoms with Gasteiger partial charge in [0.2, 0.25) is 0 Å². The number of hydrogen-bond acceptors (Lipinski definition) is 3. The summed E-state index contributed by atoms with van der Waals surface area (Å²) in [5.41, 5.74) is 15.2. The largest absolute Gasteiger partial charge is 0.256 e. The zero-order valence-electron chi connectivity index (χ0n) is 27.6. The van der Waals surface area contributed by atoms with Crippen LogP contribution in [0.15, 0.2) is 164 Å². The second kappa shape index (κ2) is 13.7. The van der Waals surface area contributed by atoms with Crippen LogP contribution in [0.2, 0.25) is 0 Å². The first-order chi connectivity index (χ1) is 24.2. The van der Waals surface area contributed by atoms with E-state index in [9.17, 15) is 0 Å². The third kappa shape index (κ3) is 6.75. The van der Waals surface area contributed by atoms with Crippen molar-refractivity contribution in [3.05, 3.63) is 175 Å². The lowest BCUT2D eigenvalue weighted by Gasteiger charge is -2.16. The summed E-state index contributed by atoms with van der Waals surface area (Å²) in [7, 11) is 0. The molecule has 3 aromatic heterocycles. The Hall–Kier alpha value is -5.93. The Balaban J connectivity index is 1.31. The van der Waals surface area contributed by atoms with E-state index in [0.717, 1.165) is 81.0 Å². The summed E-state index contributed by atoms with van der Waals surface area (Å²) in [6.07, 6.45) is 20.4. The second-order valence-electron chi connectivity index (χ2n) is 12.9. The molecule has 8 rings (SSSR count). The van der Waals surface area contributed by atoms with E-state index in [4.69, 9.17) is 15.0 Å². The highest BCUT2D eigenvalue weighted by Crippen LogP contribution is 2.37. The van der Waals surface area contributed by atoms with Crippen molar-refractivity contribution in [1.29, 1.82) is 0 Å². The molecule has 2 aliphatic carbocycles. The first-order valence-corrected chi connectivity index (χ1v) is 17.1. The van der Waals surface area contributed by atoms with Crippen molar-refractivity contribution in [1.82, 2.24) is 15.0 Å². The normalized spacial score (nSPS) is 15.5. The maximum atomic E-state index is 5.17. The van der Waals surface area contributed by atoms with Crippen LogP contribution in [-0.2, 0) is 0 Å². The number of rotatable bonds is 7. The Bertz CT molecular complexity index is 2260. The molecular weight excluding hydrogens is 595 g/mol. The maximum Gasteiger partial charge on any atom is 0.0715 e. The molecule has 3 nitrogen and oxygen atoms in total. The van der Waals surface area contributed by atoms with Crippen molar-refractivity contribution in [2.75, 3.05) is 0 Å². The van der Waals surface area contributed by atoms with Crippen LogP contribution in [0.1, 0.15) is 37.4 Å². The summed E-state index contributed by atoms with van der Waals surface area (Å²) in [6.45, 7) is 2.27. The molecule has 0 fully saturated rings. The van der Waals surface area contributed by atoms with Gasteiger partial charge in [-0.25, -0.2) is 4.98 Å². The predicted octanol–water partition coefficient (Wildman–Crippen LogP) is 11.9. The van der Waals surface area contributed by atoms with Gasteiger partial charge in [-0.3, -0.25) is 9.97 Å². The average molecular weight is 632 g/mol. The first-order valence-electron chi connectivity index (χ1n) is 17.1. The Kier molecular flexibility index (Phi) is 8.48. The molecule has 3 aromatic carbocycles. The van der Waals surface area contributed by atoms with Crippen LogP contribution < -0.4 is 0 Å². The Labute approximate surface area is 288 Å². The van der Waals surface area contributed by atoms with Gasteiger partial charge < -0.3 is 0 Å². The van der Waals surface area contributed by atoms with Gasteiger partial charge in [0.25, 0.3) is 0 Å². The maximum absolute atomic E-state index is 5.17. The Morgan fingerprint density at radius 2 is 1.14 bits per heavy atom. The van der Waals surface area contributed by atoms with Crippen molar-refractivity contribution in [2.45, 2.75) is 26.2 Å². The molecule has 3 heterocycles. The van der Waals surface area contributed by atoms with Crippen molar-refractivity contribution in [2.24, 2.45) is 5.92 Å². The van der Waals surface area contributed by atoms with Crippen LogP contribution in [0, 0.1) is 5.92 Å². The van der Waals surface area contributed by atoms with Crippen LogP contribution in [0.25, 0.3) is 67.2 Å². The molecular formula is C46H37N3. The van der Waals surface area contributed by atoms with Gasteiger partial charge in [-0.1, -0.05) is 104 Å². The molecule has 0 saturated heterocycles. The summed E-state index contributed by atoms with van der Waals surface area (Å²) in [5, 5.41) is 0. The molecule has 0 amide bonds. The second-order valence-corrected chi connectivity index (χ2v) is 12.9. The van der Waals surface area contributed by atoms with E-state index in [2.05, 4.69) is 159 Å². The Morgan fingerprint density at radius 3 is 1.84 bits per heavy atom. The van der Waals surface area contributed by atoms with Crippen LogP contribution in [0.3, 0.4) is 0 Å². The fraction of sp³-hybridized carbons (Fsp3) is 0.109. The monoisotopic (exact) mass is 631 g/mol. The van der Waals surface area contributed by atoms with E-state index in [0.29, 0.717) is 5.92 Å². The van der Waals surface area contributed by atoms with E-state index < -0.39 is 0 Å². The van der Waals surface area contributed by atoms with Gasteiger partial charge in [0, 0.05) is 29.1 Å². The fourth-order valence-corrected chi connectivity index (χ4v) is 6.74. The summed E-state index contributed by atoms with van der Waals surface area (Å²) in [4.78, 5) is 15.0. The molecule has 49 heavy (non-hydrogen) atoms. The van der Waals surface area contributed by atoms with Gasteiger partial charge >= 0.3 is 0 Å². The summed E-state index contributed by atoms with van der Waals surface area (Å²) in [6, 6.07) is 40.8. The predicted molar refractivity (Wildman–Crippen MR) is 204 cm³/mol. The van der Waals surface area contributed by atoms with Gasteiger partial charge in [0.15, 0.2) is 0 Å². The lowest BCUT2D eigenvalue weighted by molar-refractivity contribution is 0.749. The van der Waals surface area contributed by atoms with Gasteiger partial charge in [-0.15, -0.1) is 0 Å². The molecule has 0 N–H and O–H groups in total. The number of benzene rings is 3. The molecule has 6 aromatic rings. The van der Waals surface area contributed by atoms with Gasteiger partial charge in [0.1, 0.15) is 0 Å². The number of allylic oxidation sites excluding steroid dienone is 8. The van der Waals surface area contributed by atoms with Crippen molar-refractivity contribution in [3.8, 4) is 56.0 Å². The fourth-order valence-electron chi connectivity index (χ4n) is 6.74. The molecule has 236 valence electrons. The quantitative estimate of drug-likeness (QED) is 0.176. The minimum atomic E-state index is 0.517. The number of aromatic nitrogens is 3. The summed E-state index contributed by atoms with van der Waals surface area (Å²) in [5.74, 6) is 0.517. The molecule has 1 atom stereocenters. The van der Waals surface area contributed by atoms with Crippen molar-refractivity contribution in [3.63, 3.8) is 0 Å². The Morgan fingerprint density at radius 1 is 0.531 bits per heavy atom. The van der Waals surface area contributed by atoms with Crippen LogP contribution in [0.5, 0.6) is 0 Å². The highest BCUT2D eigenvalue weighted by molar-refractivity contribution is 5.85. The molecule has 3 heteroatoms. The topological polar surface area (TPSA) is 38.7 Å².